The van der Waals surface area contributed by atoms with Gasteiger partial charge in [-0.25, -0.2) is 8.42 Å². The summed E-state index contributed by atoms with van der Waals surface area (Å²) in [4.78, 5) is 25.6. The number of nitrogens with zero attached hydrogens (tertiary/aromatic N) is 1. The van der Waals surface area contributed by atoms with E-state index in [9.17, 15) is 23.1 Å². The van der Waals surface area contributed by atoms with Gasteiger partial charge in [0.05, 0.1) is 18.0 Å². The van der Waals surface area contributed by atoms with Crippen molar-refractivity contribution < 1.29 is 27.9 Å². The molecule has 4 rings (SSSR count). The van der Waals surface area contributed by atoms with Crippen LogP contribution in [0.3, 0.4) is 0 Å². The Morgan fingerprint density at radius 1 is 0.938 bits per heavy atom. The van der Waals surface area contributed by atoms with Gasteiger partial charge in [0.15, 0.2) is 0 Å². The molecule has 0 radical (unpaired) electrons. The highest BCUT2D eigenvalue weighted by Crippen LogP contribution is 2.34. The molecular weight excluding hydrogens is 628 g/mol. The minimum absolute atomic E-state index is 0.0299. The normalized spacial score (nSPS) is 14.3. The molecular formula is C37H50N4O6S. The van der Waals surface area contributed by atoms with Gasteiger partial charge in [-0.05, 0) is 46.2 Å². The molecule has 48 heavy (non-hydrogen) atoms. The van der Waals surface area contributed by atoms with Crippen LogP contribution >= 0.6 is 0 Å². The maximum atomic E-state index is 14.3. The summed E-state index contributed by atoms with van der Waals surface area (Å²) in [5, 5.41) is 21.2. The molecule has 1 unspecified atom stereocenters. The van der Waals surface area contributed by atoms with E-state index in [1.54, 1.807) is 12.1 Å². The standard InChI is InChI=1S/C37H50N4O6S/c1-28(2)26-41(48(45,46)32-15-16-33-31(21-32)17-20-47-33)37(44,22-29-11-7-5-8-12-29)18-19-39-34(42)23-36(3,4)27-40-35(43)25-38-24-30-13-9-6-10-14-30/h5-16,21,28,38,44H,17-20,22-27H2,1-4H3,(H,39,42)(H,40,43). The number of nitrogens with one attached hydrogen (secondary N) is 3. The van der Waals surface area contributed by atoms with Gasteiger partial charge in [0.25, 0.3) is 0 Å². The molecule has 10 nitrogen and oxygen atoms in total. The highest BCUT2D eigenvalue weighted by Gasteiger charge is 2.43. The number of amides is 2. The van der Waals surface area contributed by atoms with E-state index in [0.29, 0.717) is 31.9 Å². The average molecular weight is 679 g/mol. The van der Waals surface area contributed by atoms with Crippen molar-refractivity contribution in [1.82, 2.24) is 20.3 Å². The molecule has 0 saturated carbocycles. The third kappa shape index (κ3) is 10.6. The van der Waals surface area contributed by atoms with E-state index in [4.69, 9.17) is 4.74 Å². The number of sulfonamides is 1. The van der Waals surface area contributed by atoms with Gasteiger partial charge in [-0.2, -0.15) is 4.31 Å². The maximum Gasteiger partial charge on any atom is 0.245 e. The highest BCUT2D eigenvalue weighted by molar-refractivity contribution is 7.89. The lowest BCUT2D eigenvalue weighted by Crippen LogP contribution is -2.56. The van der Waals surface area contributed by atoms with Crippen molar-refractivity contribution in [3.8, 4) is 5.75 Å². The summed E-state index contributed by atoms with van der Waals surface area (Å²) in [6.45, 7) is 9.28. The zero-order valence-corrected chi connectivity index (χ0v) is 29.3. The van der Waals surface area contributed by atoms with Crippen molar-refractivity contribution in [3.05, 3.63) is 95.6 Å². The first kappa shape index (κ1) is 37.1. The molecule has 0 bridgehead atoms. The Bertz CT molecular complexity index is 1620. The first-order chi connectivity index (χ1) is 22.8. The fraction of sp³-hybridized carbons (Fsp3) is 0.459. The molecule has 1 aliphatic rings. The molecule has 1 atom stereocenters. The molecule has 4 N–H and O–H groups in total. The van der Waals surface area contributed by atoms with E-state index in [1.807, 2.05) is 88.4 Å². The summed E-state index contributed by atoms with van der Waals surface area (Å²) < 4.78 is 35.3. The van der Waals surface area contributed by atoms with Gasteiger partial charge in [-0.3, -0.25) is 9.59 Å². The van der Waals surface area contributed by atoms with Crippen LogP contribution in [0.1, 0.15) is 57.2 Å². The van der Waals surface area contributed by atoms with Crippen molar-refractivity contribution in [3.63, 3.8) is 0 Å². The Kier molecular flexibility index (Phi) is 12.8. The number of hydrogen-bond donors (Lipinski definition) is 4. The molecule has 1 aliphatic heterocycles. The van der Waals surface area contributed by atoms with Crippen LogP contribution in [0.25, 0.3) is 0 Å². The molecule has 260 valence electrons. The fourth-order valence-electron chi connectivity index (χ4n) is 5.78. The van der Waals surface area contributed by atoms with E-state index in [2.05, 4.69) is 16.0 Å². The maximum absolute atomic E-state index is 14.3. The number of ether oxygens (including phenoxy) is 1. The third-order valence-electron chi connectivity index (χ3n) is 8.28. The van der Waals surface area contributed by atoms with Crippen LogP contribution in [0.5, 0.6) is 5.75 Å². The van der Waals surface area contributed by atoms with Gasteiger partial charge >= 0.3 is 0 Å². The van der Waals surface area contributed by atoms with Gasteiger partial charge in [0, 0.05) is 51.9 Å². The number of benzene rings is 3. The first-order valence-corrected chi connectivity index (χ1v) is 18.0. The second kappa shape index (κ2) is 16.6. The van der Waals surface area contributed by atoms with Crippen molar-refractivity contribution in [2.45, 2.75) is 70.5 Å². The van der Waals surface area contributed by atoms with Crippen molar-refractivity contribution >= 4 is 21.8 Å². The summed E-state index contributed by atoms with van der Waals surface area (Å²) in [6.07, 6.45) is 0.763. The van der Waals surface area contributed by atoms with Crippen LogP contribution in [0.15, 0.2) is 83.8 Å². The van der Waals surface area contributed by atoms with Crippen LogP contribution in [-0.2, 0) is 39.0 Å². The second-order valence-corrected chi connectivity index (χ2v) is 15.6. The van der Waals surface area contributed by atoms with E-state index in [-0.39, 0.29) is 61.5 Å². The molecule has 2 amide bonds. The first-order valence-electron chi connectivity index (χ1n) is 16.6. The van der Waals surface area contributed by atoms with Crippen molar-refractivity contribution in [2.24, 2.45) is 11.3 Å². The Balaban J connectivity index is 1.40. The molecule has 0 fully saturated rings. The van der Waals surface area contributed by atoms with Gasteiger partial charge < -0.3 is 25.8 Å². The SMILES string of the molecule is CC(C)CN(C(O)(CCNC(=O)CC(C)(C)CNC(=O)CNCc1ccccc1)Cc1ccccc1)S(=O)(=O)c1ccc2c(c1)CCO2. The number of carbonyl (C=O) groups is 2. The minimum atomic E-state index is -4.14. The summed E-state index contributed by atoms with van der Waals surface area (Å²) in [6, 6.07) is 23.9. The molecule has 0 aromatic heterocycles. The van der Waals surface area contributed by atoms with Crippen LogP contribution in [0.2, 0.25) is 0 Å². The van der Waals surface area contributed by atoms with E-state index < -0.39 is 21.2 Å². The predicted octanol–water partition coefficient (Wildman–Crippen LogP) is 4.03. The number of hydrogen-bond acceptors (Lipinski definition) is 7. The van der Waals surface area contributed by atoms with E-state index in [1.165, 1.54) is 10.4 Å². The third-order valence-corrected chi connectivity index (χ3v) is 10.2. The zero-order valence-electron chi connectivity index (χ0n) is 28.5. The van der Waals surface area contributed by atoms with Crippen molar-refractivity contribution in [1.29, 1.82) is 0 Å². The average Bonchev–Trinajstić information content (AvgIpc) is 3.52. The highest BCUT2D eigenvalue weighted by atomic mass is 32.2. The predicted molar refractivity (Wildman–Crippen MR) is 187 cm³/mol. The summed E-state index contributed by atoms with van der Waals surface area (Å²) >= 11 is 0. The van der Waals surface area contributed by atoms with Gasteiger partial charge in [-0.1, -0.05) is 88.4 Å². The van der Waals surface area contributed by atoms with Gasteiger partial charge in [-0.15, -0.1) is 0 Å². The largest absolute Gasteiger partial charge is 0.493 e. The zero-order chi connectivity index (χ0) is 34.8. The summed E-state index contributed by atoms with van der Waals surface area (Å²) in [7, 11) is -4.14. The summed E-state index contributed by atoms with van der Waals surface area (Å²) in [5.41, 5.74) is 0.309. The molecule has 0 saturated heterocycles. The molecule has 3 aromatic carbocycles. The molecule has 0 spiro atoms. The Hall–Kier alpha value is -3.77. The topological polar surface area (TPSA) is 137 Å². The Morgan fingerprint density at radius 2 is 1.60 bits per heavy atom. The monoisotopic (exact) mass is 678 g/mol. The lowest BCUT2D eigenvalue weighted by molar-refractivity contribution is -0.125. The quantitative estimate of drug-likeness (QED) is 0.149. The van der Waals surface area contributed by atoms with Crippen LogP contribution < -0.4 is 20.7 Å². The number of fused-ring (bicyclic) bond motifs is 1. The van der Waals surface area contributed by atoms with E-state index in [0.717, 1.165) is 16.7 Å². The Morgan fingerprint density at radius 3 is 2.27 bits per heavy atom. The lowest BCUT2D eigenvalue weighted by Gasteiger charge is -2.40. The van der Waals surface area contributed by atoms with Gasteiger partial charge in [0.1, 0.15) is 11.5 Å². The Labute approximate surface area is 285 Å². The van der Waals surface area contributed by atoms with Crippen LogP contribution in [0.4, 0.5) is 0 Å². The number of carbonyl (C=O) groups excluding carboxylic acids is 2. The van der Waals surface area contributed by atoms with Gasteiger partial charge in [0.2, 0.25) is 21.8 Å². The molecule has 1 heterocycles. The number of rotatable bonds is 18. The summed E-state index contributed by atoms with van der Waals surface area (Å²) in [5.74, 6) is 0.177. The minimum Gasteiger partial charge on any atom is -0.493 e. The molecule has 3 aromatic rings. The second-order valence-electron chi connectivity index (χ2n) is 13.7. The molecule has 0 aliphatic carbocycles. The van der Waals surface area contributed by atoms with E-state index >= 15 is 0 Å². The molecule has 11 heteroatoms. The smallest absolute Gasteiger partial charge is 0.245 e. The fourth-order valence-corrected chi connectivity index (χ4v) is 7.66. The number of aliphatic hydroxyl groups is 1. The van der Waals surface area contributed by atoms with Crippen LogP contribution in [0, 0.1) is 11.3 Å². The van der Waals surface area contributed by atoms with Crippen LogP contribution in [-0.4, -0.2) is 68.2 Å². The van der Waals surface area contributed by atoms with Crippen molar-refractivity contribution in [2.75, 3.05) is 32.8 Å². The lowest BCUT2D eigenvalue weighted by atomic mass is 9.88.